The van der Waals surface area contributed by atoms with Crippen molar-refractivity contribution in [2.75, 3.05) is 6.79 Å². The maximum absolute atomic E-state index is 12.1. The molecule has 0 aliphatic carbocycles. The van der Waals surface area contributed by atoms with Gasteiger partial charge < -0.3 is 19.5 Å². The summed E-state index contributed by atoms with van der Waals surface area (Å²) in [6, 6.07) is 7.08. The second kappa shape index (κ2) is 7.76. The van der Waals surface area contributed by atoms with Gasteiger partial charge in [-0.25, -0.2) is 4.79 Å². The standard InChI is InChI=1S/C16H13Br2NO5S/c1-8(24-16(21)13-5-10(17)14(18)25-13)15(20)19-6-9-2-3-11-12(4-9)23-7-22-11/h2-5,8H,6-7H2,1H3,(H,19,20). The zero-order valence-corrected chi connectivity index (χ0v) is 17.0. The summed E-state index contributed by atoms with van der Waals surface area (Å²) in [5, 5.41) is 2.74. The first-order valence-corrected chi connectivity index (χ1v) is 9.66. The van der Waals surface area contributed by atoms with Gasteiger partial charge in [0.05, 0.1) is 3.79 Å². The predicted octanol–water partition coefficient (Wildman–Crippen LogP) is 3.86. The van der Waals surface area contributed by atoms with E-state index >= 15 is 0 Å². The van der Waals surface area contributed by atoms with Crippen LogP contribution in [0.3, 0.4) is 0 Å². The highest BCUT2D eigenvalue weighted by molar-refractivity contribution is 9.13. The topological polar surface area (TPSA) is 73.9 Å². The van der Waals surface area contributed by atoms with E-state index in [4.69, 9.17) is 14.2 Å². The SMILES string of the molecule is CC(OC(=O)c1cc(Br)c(Br)s1)C(=O)NCc1ccc2c(c1)OCO2. The fraction of sp³-hybridized carbons (Fsp3) is 0.250. The summed E-state index contributed by atoms with van der Waals surface area (Å²) < 4.78 is 17.3. The van der Waals surface area contributed by atoms with Crippen LogP contribution in [0.1, 0.15) is 22.2 Å². The smallest absolute Gasteiger partial charge is 0.349 e. The van der Waals surface area contributed by atoms with Gasteiger partial charge in [-0.1, -0.05) is 6.07 Å². The van der Waals surface area contributed by atoms with Crippen LogP contribution in [0.5, 0.6) is 11.5 Å². The summed E-state index contributed by atoms with van der Waals surface area (Å²) in [7, 11) is 0. The molecule has 1 N–H and O–H groups in total. The highest BCUT2D eigenvalue weighted by Crippen LogP contribution is 2.33. The van der Waals surface area contributed by atoms with Gasteiger partial charge in [0.25, 0.3) is 5.91 Å². The molecule has 0 spiro atoms. The van der Waals surface area contributed by atoms with Crippen molar-refractivity contribution >= 4 is 55.1 Å². The van der Waals surface area contributed by atoms with Crippen LogP contribution in [0.15, 0.2) is 32.5 Å². The zero-order chi connectivity index (χ0) is 18.0. The molecule has 3 rings (SSSR count). The van der Waals surface area contributed by atoms with E-state index in [0.29, 0.717) is 22.9 Å². The molecular formula is C16H13Br2NO5S. The summed E-state index contributed by atoms with van der Waals surface area (Å²) in [6.07, 6.45) is -0.902. The number of carbonyl (C=O) groups is 2. The van der Waals surface area contributed by atoms with Crippen molar-refractivity contribution in [3.8, 4) is 11.5 Å². The van der Waals surface area contributed by atoms with E-state index in [2.05, 4.69) is 37.2 Å². The minimum atomic E-state index is -0.902. The molecular weight excluding hydrogens is 478 g/mol. The molecule has 9 heteroatoms. The van der Waals surface area contributed by atoms with E-state index in [-0.39, 0.29) is 12.7 Å². The lowest BCUT2D eigenvalue weighted by Crippen LogP contribution is -2.35. The number of benzene rings is 1. The van der Waals surface area contributed by atoms with Crippen molar-refractivity contribution in [3.05, 3.63) is 43.0 Å². The molecule has 1 atom stereocenters. The number of rotatable bonds is 5. The number of esters is 1. The predicted molar refractivity (Wildman–Crippen MR) is 99.0 cm³/mol. The lowest BCUT2D eigenvalue weighted by molar-refractivity contribution is -0.129. The second-order valence-electron chi connectivity index (χ2n) is 5.19. The van der Waals surface area contributed by atoms with Gasteiger partial charge in [-0.3, -0.25) is 4.79 Å². The molecule has 2 aromatic rings. The Morgan fingerprint density at radius 3 is 2.76 bits per heavy atom. The van der Waals surface area contributed by atoms with Crippen LogP contribution in [0.4, 0.5) is 0 Å². The molecule has 0 fully saturated rings. The van der Waals surface area contributed by atoms with Gasteiger partial charge in [0.15, 0.2) is 17.6 Å². The van der Waals surface area contributed by atoms with Gasteiger partial charge in [0, 0.05) is 11.0 Å². The summed E-state index contributed by atoms with van der Waals surface area (Å²) >= 11 is 7.86. The lowest BCUT2D eigenvalue weighted by atomic mass is 10.2. The van der Waals surface area contributed by atoms with Crippen molar-refractivity contribution in [1.82, 2.24) is 5.32 Å². The average Bonchev–Trinajstić information content (AvgIpc) is 3.18. The van der Waals surface area contributed by atoms with Gasteiger partial charge in [0.2, 0.25) is 6.79 Å². The number of hydrogen-bond acceptors (Lipinski definition) is 6. The molecule has 0 bridgehead atoms. The van der Waals surface area contributed by atoms with Gasteiger partial charge in [-0.15, -0.1) is 11.3 Å². The Morgan fingerprint density at radius 1 is 1.28 bits per heavy atom. The molecule has 0 radical (unpaired) electrons. The third-order valence-electron chi connectivity index (χ3n) is 3.40. The molecule has 1 unspecified atom stereocenters. The first-order chi connectivity index (χ1) is 11.9. The first-order valence-electron chi connectivity index (χ1n) is 7.26. The fourth-order valence-corrected chi connectivity index (χ4v) is 4.02. The molecule has 6 nitrogen and oxygen atoms in total. The Hall–Kier alpha value is -1.58. The number of hydrogen-bond donors (Lipinski definition) is 1. The molecule has 0 saturated carbocycles. The molecule has 0 saturated heterocycles. The number of halogens is 2. The van der Waals surface area contributed by atoms with Gasteiger partial charge in [-0.05, 0) is 62.5 Å². The molecule has 1 aromatic heterocycles. The Bertz CT molecular complexity index is 803. The van der Waals surface area contributed by atoms with Crippen molar-refractivity contribution in [2.45, 2.75) is 19.6 Å². The van der Waals surface area contributed by atoms with Crippen molar-refractivity contribution in [3.63, 3.8) is 0 Å². The van der Waals surface area contributed by atoms with Crippen LogP contribution in [0.2, 0.25) is 0 Å². The highest BCUT2D eigenvalue weighted by Gasteiger charge is 2.21. The van der Waals surface area contributed by atoms with E-state index in [1.54, 1.807) is 18.2 Å². The molecule has 25 heavy (non-hydrogen) atoms. The molecule has 1 aliphatic rings. The molecule has 1 amide bonds. The van der Waals surface area contributed by atoms with Crippen LogP contribution < -0.4 is 14.8 Å². The summed E-state index contributed by atoms with van der Waals surface area (Å²) in [6.45, 7) is 2.03. The number of amides is 1. The number of fused-ring (bicyclic) bond motifs is 1. The maximum atomic E-state index is 12.1. The number of thiophene rings is 1. The normalized spacial score (nSPS) is 13.4. The van der Waals surface area contributed by atoms with Crippen LogP contribution >= 0.6 is 43.2 Å². The van der Waals surface area contributed by atoms with Crippen molar-refractivity contribution in [1.29, 1.82) is 0 Å². The molecule has 1 aromatic carbocycles. The van der Waals surface area contributed by atoms with E-state index in [1.807, 2.05) is 6.07 Å². The minimum absolute atomic E-state index is 0.201. The molecule has 2 heterocycles. The Kier molecular flexibility index (Phi) is 5.65. The third kappa shape index (κ3) is 4.34. The summed E-state index contributed by atoms with van der Waals surface area (Å²) in [4.78, 5) is 24.6. The van der Waals surface area contributed by atoms with Gasteiger partial charge in [-0.2, -0.15) is 0 Å². The van der Waals surface area contributed by atoms with Gasteiger partial charge in [0.1, 0.15) is 4.88 Å². The largest absolute Gasteiger partial charge is 0.454 e. The number of carbonyl (C=O) groups excluding carboxylic acids is 2. The van der Waals surface area contributed by atoms with Crippen LogP contribution in [-0.4, -0.2) is 24.8 Å². The maximum Gasteiger partial charge on any atom is 0.349 e. The quantitative estimate of drug-likeness (QED) is 0.644. The first kappa shape index (κ1) is 18.2. The third-order valence-corrected chi connectivity index (χ3v) is 6.64. The monoisotopic (exact) mass is 489 g/mol. The van der Waals surface area contributed by atoms with Crippen LogP contribution in [-0.2, 0) is 16.1 Å². The summed E-state index contributed by atoms with van der Waals surface area (Å²) in [5.74, 6) is 0.425. The Labute approximate surface area is 164 Å². The summed E-state index contributed by atoms with van der Waals surface area (Å²) in [5.41, 5.74) is 0.863. The minimum Gasteiger partial charge on any atom is -0.454 e. The van der Waals surface area contributed by atoms with E-state index < -0.39 is 12.1 Å². The van der Waals surface area contributed by atoms with Crippen LogP contribution in [0.25, 0.3) is 0 Å². The highest BCUT2D eigenvalue weighted by atomic mass is 79.9. The van der Waals surface area contributed by atoms with Crippen LogP contribution in [0, 0.1) is 0 Å². The van der Waals surface area contributed by atoms with Crippen molar-refractivity contribution < 1.29 is 23.8 Å². The average molecular weight is 491 g/mol. The number of ether oxygens (including phenoxy) is 3. The second-order valence-corrected chi connectivity index (χ2v) is 8.41. The zero-order valence-electron chi connectivity index (χ0n) is 13.0. The molecule has 132 valence electrons. The lowest BCUT2D eigenvalue weighted by Gasteiger charge is -2.13. The van der Waals surface area contributed by atoms with E-state index in [1.165, 1.54) is 18.3 Å². The fourth-order valence-electron chi connectivity index (χ4n) is 2.10. The van der Waals surface area contributed by atoms with E-state index in [9.17, 15) is 9.59 Å². The Morgan fingerprint density at radius 2 is 2.04 bits per heavy atom. The van der Waals surface area contributed by atoms with Gasteiger partial charge >= 0.3 is 5.97 Å². The van der Waals surface area contributed by atoms with Crippen molar-refractivity contribution in [2.24, 2.45) is 0 Å². The molecule has 1 aliphatic heterocycles. The Balaban J connectivity index is 1.53. The van der Waals surface area contributed by atoms with E-state index in [0.717, 1.165) is 13.8 Å². The number of nitrogens with one attached hydrogen (secondary N) is 1.